The third-order valence-corrected chi connectivity index (χ3v) is 1.90. The standard InChI is InChI=1S/C10H10N2O3/c11-6-8-1-2-9(5-10(8)15)12(7-14)3-4-13/h1-2,5,7,13,15H,3-4H2. The van der Waals surface area contributed by atoms with Crippen LogP contribution < -0.4 is 4.90 Å². The van der Waals surface area contributed by atoms with Crippen LogP contribution in [0.15, 0.2) is 18.2 Å². The molecule has 78 valence electrons. The van der Waals surface area contributed by atoms with Gasteiger partial charge in [0.1, 0.15) is 11.8 Å². The van der Waals surface area contributed by atoms with E-state index < -0.39 is 0 Å². The van der Waals surface area contributed by atoms with Gasteiger partial charge in [0.25, 0.3) is 0 Å². The minimum Gasteiger partial charge on any atom is -0.506 e. The summed E-state index contributed by atoms with van der Waals surface area (Å²) in [6.45, 7) is -0.0195. The minimum atomic E-state index is -0.181. The summed E-state index contributed by atoms with van der Waals surface area (Å²) in [7, 11) is 0. The highest BCUT2D eigenvalue weighted by atomic mass is 16.3. The monoisotopic (exact) mass is 206 g/mol. The van der Waals surface area contributed by atoms with Gasteiger partial charge in [0.05, 0.1) is 12.2 Å². The predicted octanol–water partition coefficient (Wildman–Crippen LogP) is 0.219. The van der Waals surface area contributed by atoms with Gasteiger partial charge in [0.15, 0.2) is 0 Å². The first kappa shape index (κ1) is 11.0. The topological polar surface area (TPSA) is 84.6 Å². The summed E-state index contributed by atoms with van der Waals surface area (Å²) in [5, 5.41) is 26.6. The Bertz CT molecular complexity index is 398. The maximum atomic E-state index is 10.6. The Labute approximate surface area is 86.8 Å². The van der Waals surface area contributed by atoms with Crippen LogP contribution in [0, 0.1) is 11.3 Å². The molecule has 0 aliphatic rings. The van der Waals surface area contributed by atoms with Crippen LogP contribution in [0.5, 0.6) is 5.75 Å². The number of aromatic hydroxyl groups is 1. The van der Waals surface area contributed by atoms with E-state index in [9.17, 15) is 9.90 Å². The summed E-state index contributed by atoms with van der Waals surface area (Å²) >= 11 is 0. The molecule has 5 heteroatoms. The third-order valence-electron chi connectivity index (χ3n) is 1.90. The summed E-state index contributed by atoms with van der Waals surface area (Å²) < 4.78 is 0. The van der Waals surface area contributed by atoms with Crippen molar-refractivity contribution in [2.24, 2.45) is 0 Å². The molecule has 5 nitrogen and oxygen atoms in total. The summed E-state index contributed by atoms with van der Waals surface area (Å²) in [5.41, 5.74) is 0.587. The van der Waals surface area contributed by atoms with Crippen molar-refractivity contribution >= 4 is 12.1 Å². The molecule has 2 N–H and O–H groups in total. The van der Waals surface area contributed by atoms with E-state index in [4.69, 9.17) is 10.4 Å². The van der Waals surface area contributed by atoms with Crippen LogP contribution in [0.4, 0.5) is 5.69 Å². The van der Waals surface area contributed by atoms with Gasteiger partial charge >= 0.3 is 0 Å². The number of hydrogen-bond acceptors (Lipinski definition) is 4. The first-order valence-electron chi connectivity index (χ1n) is 4.29. The highest BCUT2D eigenvalue weighted by molar-refractivity contribution is 5.76. The van der Waals surface area contributed by atoms with E-state index in [-0.39, 0.29) is 24.5 Å². The Morgan fingerprint density at radius 3 is 2.73 bits per heavy atom. The molecule has 0 bridgehead atoms. The molecule has 0 aliphatic heterocycles. The molecule has 0 atom stereocenters. The number of benzene rings is 1. The van der Waals surface area contributed by atoms with Gasteiger partial charge in [-0.2, -0.15) is 5.26 Å². The van der Waals surface area contributed by atoms with Crippen LogP contribution in [0.3, 0.4) is 0 Å². The van der Waals surface area contributed by atoms with E-state index >= 15 is 0 Å². The summed E-state index contributed by atoms with van der Waals surface area (Å²) in [6.07, 6.45) is 0.553. The number of hydrogen-bond donors (Lipinski definition) is 2. The first-order valence-corrected chi connectivity index (χ1v) is 4.29. The van der Waals surface area contributed by atoms with Crippen molar-refractivity contribution in [2.75, 3.05) is 18.1 Å². The van der Waals surface area contributed by atoms with Crippen LogP contribution >= 0.6 is 0 Å². The second-order valence-electron chi connectivity index (χ2n) is 2.84. The van der Waals surface area contributed by atoms with Crippen molar-refractivity contribution in [3.05, 3.63) is 23.8 Å². The van der Waals surface area contributed by atoms with Crippen molar-refractivity contribution < 1.29 is 15.0 Å². The Kier molecular flexibility index (Phi) is 3.66. The highest BCUT2D eigenvalue weighted by Crippen LogP contribution is 2.23. The van der Waals surface area contributed by atoms with Crippen molar-refractivity contribution in [1.29, 1.82) is 5.26 Å². The van der Waals surface area contributed by atoms with Gasteiger partial charge in [0, 0.05) is 18.3 Å². The number of anilines is 1. The molecule has 0 radical (unpaired) electrons. The fourth-order valence-electron chi connectivity index (χ4n) is 1.14. The zero-order chi connectivity index (χ0) is 11.3. The predicted molar refractivity (Wildman–Crippen MR) is 53.3 cm³/mol. The molecule has 0 fully saturated rings. The number of aliphatic hydroxyl groups is 1. The van der Waals surface area contributed by atoms with E-state index in [1.165, 1.54) is 23.1 Å². The summed E-state index contributed by atoms with van der Waals surface area (Å²) in [4.78, 5) is 11.9. The number of phenols is 1. The second kappa shape index (κ2) is 4.98. The molecular formula is C10H10N2O3. The van der Waals surface area contributed by atoms with E-state index in [1.54, 1.807) is 6.07 Å². The average molecular weight is 206 g/mol. The van der Waals surface area contributed by atoms with Gasteiger partial charge in [0.2, 0.25) is 6.41 Å². The lowest BCUT2D eigenvalue weighted by Gasteiger charge is -2.16. The van der Waals surface area contributed by atoms with Crippen LogP contribution in [0.2, 0.25) is 0 Å². The lowest BCUT2D eigenvalue weighted by Crippen LogP contribution is -2.24. The Morgan fingerprint density at radius 1 is 1.53 bits per heavy atom. The van der Waals surface area contributed by atoms with Gasteiger partial charge in [-0.1, -0.05) is 0 Å². The molecule has 0 spiro atoms. The van der Waals surface area contributed by atoms with E-state index in [0.29, 0.717) is 12.1 Å². The molecule has 0 aromatic heterocycles. The lowest BCUT2D eigenvalue weighted by atomic mass is 10.2. The van der Waals surface area contributed by atoms with Gasteiger partial charge in [-0.3, -0.25) is 4.79 Å². The number of carbonyl (C=O) groups excluding carboxylic acids is 1. The lowest BCUT2D eigenvalue weighted by molar-refractivity contribution is -0.107. The second-order valence-corrected chi connectivity index (χ2v) is 2.84. The number of rotatable bonds is 4. The maximum Gasteiger partial charge on any atom is 0.214 e. The molecule has 1 amide bonds. The average Bonchev–Trinajstić information content (AvgIpc) is 2.25. The highest BCUT2D eigenvalue weighted by Gasteiger charge is 2.07. The molecule has 1 aromatic carbocycles. The van der Waals surface area contributed by atoms with Gasteiger partial charge in [-0.15, -0.1) is 0 Å². The van der Waals surface area contributed by atoms with Crippen molar-refractivity contribution in [3.63, 3.8) is 0 Å². The zero-order valence-corrected chi connectivity index (χ0v) is 7.92. The SMILES string of the molecule is N#Cc1ccc(N(C=O)CCO)cc1O. The molecular weight excluding hydrogens is 196 g/mol. The molecule has 0 heterocycles. The van der Waals surface area contributed by atoms with Gasteiger partial charge in [-0.25, -0.2) is 0 Å². The summed E-state index contributed by atoms with van der Waals surface area (Å²) in [6, 6.07) is 6.06. The van der Waals surface area contributed by atoms with Crippen molar-refractivity contribution in [3.8, 4) is 11.8 Å². The Hall–Kier alpha value is -2.06. The fourth-order valence-corrected chi connectivity index (χ4v) is 1.14. The van der Waals surface area contributed by atoms with E-state index in [2.05, 4.69) is 0 Å². The number of nitriles is 1. The van der Waals surface area contributed by atoms with Gasteiger partial charge < -0.3 is 15.1 Å². The van der Waals surface area contributed by atoms with Gasteiger partial charge in [-0.05, 0) is 12.1 Å². The van der Waals surface area contributed by atoms with E-state index in [1.807, 2.05) is 0 Å². The minimum absolute atomic E-state index is 0.147. The number of carbonyl (C=O) groups is 1. The van der Waals surface area contributed by atoms with Crippen molar-refractivity contribution in [1.82, 2.24) is 0 Å². The first-order chi connectivity index (χ1) is 7.22. The number of amides is 1. The quantitative estimate of drug-likeness (QED) is 0.690. The molecule has 1 aromatic rings. The van der Waals surface area contributed by atoms with E-state index in [0.717, 1.165) is 0 Å². The fraction of sp³-hybridized carbons (Fsp3) is 0.200. The van der Waals surface area contributed by atoms with Crippen LogP contribution in [-0.4, -0.2) is 29.8 Å². The smallest absolute Gasteiger partial charge is 0.214 e. The Morgan fingerprint density at radius 2 is 2.27 bits per heavy atom. The molecule has 1 rings (SSSR count). The maximum absolute atomic E-state index is 10.6. The normalized spacial score (nSPS) is 9.33. The van der Waals surface area contributed by atoms with Crippen LogP contribution in [0.1, 0.15) is 5.56 Å². The van der Waals surface area contributed by atoms with Crippen molar-refractivity contribution in [2.45, 2.75) is 0 Å². The molecule has 0 unspecified atom stereocenters. The third kappa shape index (κ3) is 2.45. The van der Waals surface area contributed by atoms with Crippen LogP contribution in [0.25, 0.3) is 0 Å². The number of phenolic OH excluding ortho intramolecular Hbond substituents is 1. The number of aliphatic hydroxyl groups excluding tert-OH is 1. The Balaban J connectivity index is 3.00. The zero-order valence-electron chi connectivity index (χ0n) is 7.92. The molecule has 15 heavy (non-hydrogen) atoms. The van der Waals surface area contributed by atoms with Crippen LogP contribution in [-0.2, 0) is 4.79 Å². The molecule has 0 saturated carbocycles. The number of nitrogens with zero attached hydrogens (tertiary/aromatic N) is 2. The molecule has 0 saturated heterocycles. The largest absolute Gasteiger partial charge is 0.506 e. The summed E-state index contributed by atoms with van der Waals surface area (Å²) in [5.74, 6) is -0.181. The molecule has 0 aliphatic carbocycles.